The summed E-state index contributed by atoms with van der Waals surface area (Å²) in [5.74, 6) is 0.930. The number of rotatable bonds is 5. The Hall–Kier alpha value is -1.09. The van der Waals surface area contributed by atoms with E-state index in [1.807, 2.05) is 18.3 Å². The van der Waals surface area contributed by atoms with Gasteiger partial charge in [-0.15, -0.1) is 0 Å². The van der Waals surface area contributed by atoms with Crippen LogP contribution in [0.1, 0.15) is 38.3 Å². The van der Waals surface area contributed by atoms with E-state index in [4.69, 9.17) is 5.73 Å². The molecule has 0 aromatic carbocycles. The predicted molar refractivity (Wildman–Crippen MR) is 60.2 cm³/mol. The summed E-state index contributed by atoms with van der Waals surface area (Å²) in [5.41, 5.74) is 6.99. The fourth-order valence-corrected chi connectivity index (χ4v) is 1.22. The Balaban J connectivity index is 2.59. The quantitative estimate of drug-likeness (QED) is 0.754. The maximum Gasteiger partial charge on any atom is 0.125 e. The van der Waals surface area contributed by atoms with Crippen molar-refractivity contribution in [3.8, 4) is 0 Å². The van der Waals surface area contributed by atoms with Gasteiger partial charge in [-0.3, -0.25) is 0 Å². The van der Waals surface area contributed by atoms with E-state index in [0.717, 1.165) is 30.8 Å². The maximum atomic E-state index is 5.88. The van der Waals surface area contributed by atoms with Crippen LogP contribution in [0.4, 0.5) is 5.82 Å². The Morgan fingerprint density at radius 1 is 1.43 bits per heavy atom. The van der Waals surface area contributed by atoms with Gasteiger partial charge >= 0.3 is 0 Å². The van der Waals surface area contributed by atoms with Crippen molar-refractivity contribution in [1.82, 2.24) is 4.98 Å². The zero-order valence-corrected chi connectivity index (χ0v) is 8.96. The van der Waals surface area contributed by atoms with Gasteiger partial charge in [0.15, 0.2) is 0 Å². The fraction of sp³-hybridized carbons (Fsp3) is 0.545. The monoisotopic (exact) mass is 193 g/mol. The van der Waals surface area contributed by atoms with E-state index >= 15 is 0 Å². The lowest BCUT2D eigenvalue weighted by molar-refractivity contribution is 0.695. The van der Waals surface area contributed by atoms with Crippen molar-refractivity contribution in [1.29, 1.82) is 0 Å². The van der Waals surface area contributed by atoms with Gasteiger partial charge in [0.2, 0.25) is 0 Å². The molecule has 0 saturated carbocycles. The molecule has 78 valence electrons. The maximum absolute atomic E-state index is 5.88. The summed E-state index contributed by atoms with van der Waals surface area (Å²) in [6.45, 7) is 5.18. The summed E-state index contributed by atoms with van der Waals surface area (Å²) in [5, 5.41) is 3.23. The number of nitrogens with one attached hydrogen (secondary N) is 1. The van der Waals surface area contributed by atoms with Crippen LogP contribution >= 0.6 is 0 Å². The number of pyridine rings is 1. The molecule has 0 aliphatic carbocycles. The van der Waals surface area contributed by atoms with Gasteiger partial charge < -0.3 is 11.1 Å². The minimum Gasteiger partial charge on any atom is -0.370 e. The van der Waals surface area contributed by atoms with Crippen LogP contribution in [-0.2, 0) is 0 Å². The molecule has 0 spiro atoms. The van der Waals surface area contributed by atoms with Crippen molar-refractivity contribution < 1.29 is 0 Å². The first-order chi connectivity index (χ1) is 6.77. The molecule has 1 aromatic heterocycles. The van der Waals surface area contributed by atoms with E-state index in [1.54, 1.807) is 0 Å². The number of nitrogens with two attached hydrogens (primary N) is 1. The van der Waals surface area contributed by atoms with Crippen LogP contribution in [0.25, 0.3) is 0 Å². The molecule has 3 N–H and O–H groups in total. The minimum atomic E-state index is 0.114. The predicted octanol–water partition coefficient (Wildman–Crippen LogP) is 2.31. The van der Waals surface area contributed by atoms with Crippen molar-refractivity contribution >= 4 is 5.82 Å². The van der Waals surface area contributed by atoms with Crippen molar-refractivity contribution in [2.24, 2.45) is 5.73 Å². The standard InChI is InChI=1S/C11H19N3/c1-3-7-13-11-6-5-9(8-14-11)10(12)4-2/h5-6,8,10H,3-4,7,12H2,1-2H3,(H,13,14). The highest BCUT2D eigenvalue weighted by Crippen LogP contribution is 2.13. The molecule has 1 rings (SSSR count). The lowest BCUT2D eigenvalue weighted by atomic mass is 10.1. The molecule has 0 saturated heterocycles. The van der Waals surface area contributed by atoms with Crippen LogP contribution in [0.2, 0.25) is 0 Å². The lowest BCUT2D eigenvalue weighted by Gasteiger charge is -2.09. The molecule has 1 unspecified atom stereocenters. The second kappa shape index (κ2) is 5.60. The van der Waals surface area contributed by atoms with Gasteiger partial charge in [-0.2, -0.15) is 0 Å². The zero-order valence-electron chi connectivity index (χ0n) is 8.96. The van der Waals surface area contributed by atoms with Crippen LogP contribution in [0.3, 0.4) is 0 Å². The third-order valence-electron chi connectivity index (χ3n) is 2.21. The summed E-state index contributed by atoms with van der Waals surface area (Å²) in [7, 11) is 0. The molecule has 3 nitrogen and oxygen atoms in total. The molecule has 14 heavy (non-hydrogen) atoms. The second-order valence-electron chi connectivity index (χ2n) is 3.42. The number of aromatic nitrogens is 1. The first-order valence-corrected chi connectivity index (χ1v) is 5.23. The lowest BCUT2D eigenvalue weighted by Crippen LogP contribution is -2.09. The van der Waals surface area contributed by atoms with E-state index in [-0.39, 0.29) is 6.04 Å². The van der Waals surface area contributed by atoms with E-state index in [0.29, 0.717) is 0 Å². The van der Waals surface area contributed by atoms with Gasteiger partial charge in [0.05, 0.1) is 0 Å². The molecule has 0 amide bonds. The first-order valence-electron chi connectivity index (χ1n) is 5.23. The topological polar surface area (TPSA) is 50.9 Å². The van der Waals surface area contributed by atoms with Gasteiger partial charge in [-0.05, 0) is 24.5 Å². The molecule has 0 fully saturated rings. The second-order valence-corrected chi connectivity index (χ2v) is 3.42. The molecule has 0 radical (unpaired) electrons. The smallest absolute Gasteiger partial charge is 0.125 e. The fourth-order valence-electron chi connectivity index (χ4n) is 1.22. The Morgan fingerprint density at radius 2 is 2.21 bits per heavy atom. The van der Waals surface area contributed by atoms with Crippen LogP contribution in [0.5, 0.6) is 0 Å². The summed E-state index contributed by atoms with van der Waals surface area (Å²) in [6, 6.07) is 4.14. The number of hydrogen-bond acceptors (Lipinski definition) is 3. The molecule has 3 heteroatoms. The first kappa shape index (κ1) is 11.0. The van der Waals surface area contributed by atoms with Crippen LogP contribution < -0.4 is 11.1 Å². The third kappa shape index (κ3) is 3.00. The van der Waals surface area contributed by atoms with Gasteiger partial charge in [0, 0.05) is 18.8 Å². The number of hydrogen-bond donors (Lipinski definition) is 2. The van der Waals surface area contributed by atoms with Gasteiger partial charge in [0.1, 0.15) is 5.82 Å². The number of anilines is 1. The van der Waals surface area contributed by atoms with E-state index in [2.05, 4.69) is 24.1 Å². The molecule has 0 aliphatic rings. The molecule has 0 aliphatic heterocycles. The summed E-state index contributed by atoms with van der Waals surface area (Å²) < 4.78 is 0. The van der Waals surface area contributed by atoms with Crippen LogP contribution in [-0.4, -0.2) is 11.5 Å². The minimum absolute atomic E-state index is 0.114. The summed E-state index contributed by atoms with van der Waals surface area (Å²) >= 11 is 0. The molecule has 1 heterocycles. The summed E-state index contributed by atoms with van der Waals surface area (Å²) in [6.07, 6.45) is 3.91. The van der Waals surface area contributed by atoms with Crippen LogP contribution in [0.15, 0.2) is 18.3 Å². The van der Waals surface area contributed by atoms with Crippen molar-refractivity contribution in [3.63, 3.8) is 0 Å². The molecule has 1 atom stereocenters. The Morgan fingerprint density at radius 3 is 2.71 bits per heavy atom. The highest BCUT2D eigenvalue weighted by atomic mass is 15.0. The highest BCUT2D eigenvalue weighted by Gasteiger charge is 2.02. The zero-order chi connectivity index (χ0) is 10.4. The number of nitrogens with zero attached hydrogens (tertiary/aromatic N) is 1. The van der Waals surface area contributed by atoms with E-state index < -0.39 is 0 Å². The average Bonchev–Trinajstić information content (AvgIpc) is 2.26. The third-order valence-corrected chi connectivity index (χ3v) is 2.21. The van der Waals surface area contributed by atoms with E-state index in [9.17, 15) is 0 Å². The molecular weight excluding hydrogens is 174 g/mol. The van der Waals surface area contributed by atoms with Gasteiger partial charge in [0.25, 0.3) is 0 Å². The SMILES string of the molecule is CCCNc1ccc(C(N)CC)cn1. The Bertz CT molecular complexity index is 256. The molecular formula is C11H19N3. The largest absolute Gasteiger partial charge is 0.370 e. The van der Waals surface area contributed by atoms with Crippen LogP contribution in [0, 0.1) is 0 Å². The van der Waals surface area contributed by atoms with Crippen molar-refractivity contribution in [2.75, 3.05) is 11.9 Å². The normalized spacial score (nSPS) is 12.5. The Labute approximate surface area is 85.7 Å². The molecule has 1 aromatic rings. The van der Waals surface area contributed by atoms with Gasteiger partial charge in [-0.1, -0.05) is 19.9 Å². The molecule has 0 bridgehead atoms. The van der Waals surface area contributed by atoms with E-state index in [1.165, 1.54) is 0 Å². The van der Waals surface area contributed by atoms with Crippen molar-refractivity contribution in [2.45, 2.75) is 32.7 Å². The van der Waals surface area contributed by atoms with Crippen molar-refractivity contribution in [3.05, 3.63) is 23.9 Å². The Kier molecular flexibility index (Phi) is 4.40. The highest BCUT2D eigenvalue weighted by molar-refractivity contribution is 5.35. The average molecular weight is 193 g/mol. The summed E-state index contributed by atoms with van der Waals surface area (Å²) in [4.78, 5) is 4.29. The van der Waals surface area contributed by atoms with Gasteiger partial charge in [-0.25, -0.2) is 4.98 Å².